The van der Waals surface area contributed by atoms with Gasteiger partial charge in [-0.15, -0.1) is 0 Å². The van der Waals surface area contributed by atoms with Crippen LogP contribution in [0, 0.1) is 11.3 Å². The first kappa shape index (κ1) is 14.0. The summed E-state index contributed by atoms with van der Waals surface area (Å²) in [4.78, 5) is 11.6. The summed E-state index contributed by atoms with van der Waals surface area (Å²) < 4.78 is 5.21. The van der Waals surface area contributed by atoms with E-state index in [2.05, 4.69) is 6.07 Å². The fourth-order valence-corrected chi connectivity index (χ4v) is 1.59. The van der Waals surface area contributed by atoms with Gasteiger partial charge in [0.1, 0.15) is 11.7 Å². The number of nitrogens with zero attached hydrogens (tertiary/aromatic N) is 1. The molecule has 0 aliphatic rings. The van der Waals surface area contributed by atoms with Crippen molar-refractivity contribution < 1.29 is 9.53 Å². The summed E-state index contributed by atoms with van der Waals surface area (Å²) in [5.41, 5.74) is 6.89. The fraction of sp³-hybridized carbons (Fsp3) is 0.429. The lowest BCUT2D eigenvalue weighted by Crippen LogP contribution is -2.24. The molecule has 0 saturated carbocycles. The Hall–Kier alpha value is -2.02. The molecule has 18 heavy (non-hydrogen) atoms. The standard InChI is InChI=1S/C14H18N2O2/c1-14(2,3)18-13(17)8-7-10-5-4-6-12(16)11(10)9-15/h4-6H,7-8,16H2,1-3H3. The first-order valence-corrected chi connectivity index (χ1v) is 5.83. The lowest BCUT2D eigenvalue weighted by atomic mass is 10.0. The molecule has 0 radical (unpaired) electrons. The van der Waals surface area contributed by atoms with E-state index < -0.39 is 5.60 Å². The minimum Gasteiger partial charge on any atom is -0.460 e. The molecule has 0 atom stereocenters. The van der Waals surface area contributed by atoms with E-state index in [-0.39, 0.29) is 12.4 Å². The molecule has 0 spiro atoms. The number of hydrogen-bond acceptors (Lipinski definition) is 4. The third-order valence-electron chi connectivity index (χ3n) is 2.31. The monoisotopic (exact) mass is 246 g/mol. The quantitative estimate of drug-likeness (QED) is 0.656. The second-order valence-electron chi connectivity index (χ2n) is 5.08. The number of nitrogens with two attached hydrogens (primary N) is 1. The van der Waals surface area contributed by atoms with E-state index >= 15 is 0 Å². The van der Waals surface area contributed by atoms with Crippen LogP contribution in [0.5, 0.6) is 0 Å². The number of rotatable bonds is 3. The van der Waals surface area contributed by atoms with E-state index in [1.807, 2.05) is 20.8 Å². The molecule has 0 aliphatic heterocycles. The maximum atomic E-state index is 11.6. The van der Waals surface area contributed by atoms with Crippen molar-refractivity contribution in [2.75, 3.05) is 5.73 Å². The molecule has 4 nitrogen and oxygen atoms in total. The molecular weight excluding hydrogens is 228 g/mol. The predicted octanol–water partition coefficient (Wildman–Crippen LogP) is 2.41. The molecule has 0 heterocycles. The topological polar surface area (TPSA) is 76.1 Å². The molecule has 1 rings (SSSR count). The number of esters is 1. The van der Waals surface area contributed by atoms with Gasteiger partial charge in [-0.2, -0.15) is 5.26 Å². The summed E-state index contributed by atoms with van der Waals surface area (Å²) in [5.74, 6) is -0.270. The van der Waals surface area contributed by atoms with Gasteiger partial charge in [-0.25, -0.2) is 0 Å². The summed E-state index contributed by atoms with van der Waals surface area (Å²) in [6.07, 6.45) is 0.707. The second kappa shape index (κ2) is 5.54. The first-order valence-electron chi connectivity index (χ1n) is 5.83. The molecule has 1 aromatic rings. The highest BCUT2D eigenvalue weighted by Crippen LogP contribution is 2.18. The van der Waals surface area contributed by atoms with Crippen LogP contribution >= 0.6 is 0 Å². The lowest BCUT2D eigenvalue weighted by molar-refractivity contribution is -0.154. The van der Waals surface area contributed by atoms with Crippen LogP contribution in [0.2, 0.25) is 0 Å². The van der Waals surface area contributed by atoms with Crippen molar-refractivity contribution in [3.05, 3.63) is 29.3 Å². The second-order valence-corrected chi connectivity index (χ2v) is 5.08. The number of carbonyl (C=O) groups is 1. The van der Waals surface area contributed by atoms with Crippen LogP contribution in [0.1, 0.15) is 38.3 Å². The smallest absolute Gasteiger partial charge is 0.306 e. The number of ether oxygens (including phenoxy) is 1. The van der Waals surface area contributed by atoms with E-state index in [1.165, 1.54) is 0 Å². The van der Waals surface area contributed by atoms with Crippen molar-refractivity contribution in [3.8, 4) is 6.07 Å². The number of benzene rings is 1. The Morgan fingerprint density at radius 2 is 2.11 bits per heavy atom. The highest BCUT2D eigenvalue weighted by molar-refractivity contribution is 5.70. The summed E-state index contributed by atoms with van der Waals surface area (Å²) in [5, 5.41) is 9.00. The molecule has 0 unspecified atom stereocenters. The number of aryl methyl sites for hydroxylation is 1. The summed E-state index contributed by atoms with van der Waals surface area (Å²) in [7, 11) is 0. The Labute approximate surface area is 107 Å². The van der Waals surface area contributed by atoms with Crippen LogP contribution in [0.15, 0.2) is 18.2 Å². The molecule has 0 fully saturated rings. The molecular formula is C14H18N2O2. The maximum absolute atomic E-state index is 11.6. The Balaban J connectivity index is 2.68. The van der Waals surface area contributed by atoms with Gasteiger partial charge in [0.15, 0.2) is 0 Å². The van der Waals surface area contributed by atoms with Gasteiger partial charge in [0.2, 0.25) is 0 Å². The van der Waals surface area contributed by atoms with Crippen molar-refractivity contribution in [2.24, 2.45) is 0 Å². The van der Waals surface area contributed by atoms with Gasteiger partial charge < -0.3 is 10.5 Å². The molecule has 96 valence electrons. The first-order chi connectivity index (χ1) is 8.33. The van der Waals surface area contributed by atoms with Crippen molar-refractivity contribution in [1.82, 2.24) is 0 Å². The van der Waals surface area contributed by atoms with Crippen molar-refractivity contribution in [1.29, 1.82) is 5.26 Å². The molecule has 0 bridgehead atoms. The van der Waals surface area contributed by atoms with Crippen LogP contribution in [0.25, 0.3) is 0 Å². The average molecular weight is 246 g/mol. The van der Waals surface area contributed by atoms with Crippen LogP contribution in [-0.4, -0.2) is 11.6 Å². The molecule has 4 heteroatoms. The van der Waals surface area contributed by atoms with Crippen molar-refractivity contribution in [3.63, 3.8) is 0 Å². The largest absolute Gasteiger partial charge is 0.460 e. The number of nitriles is 1. The zero-order chi connectivity index (χ0) is 13.8. The highest BCUT2D eigenvalue weighted by atomic mass is 16.6. The Kier molecular flexibility index (Phi) is 4.33. The molecule has 0 aromatic heterocycles. The third kappa shape index (κ3) is 4.10. The van der Waals surface area contributed by atoms with Gasteiger partial charge in [-0.1, -0.05) is 12.1 Å². The molecule has 0 amide bonds. The van der Waals surface area contributed by atoms with Crippen molar-refractivity contribution >= 4 is 11.7 Å². The van der Waals surface area contributed by atoms with E-state index in [9.17, 15) is 4.79 Å². The number of hydrogen-bond donors (Lipinski definition) is 1. The van der Waals surface area contributed by atoms with Crippen LogP contribution in [0.3, 0.4) is 0 Å². The van der Waals surface area contributed by atoms with E-state index in [1.54, 1.807) is 18.2 Å². The summed E-state index contributed by atoms with van der Waals surface area (Å²) >= 11 is 0. The van der Waals surface area contributed by atoms with Gasteiger partial charge in [0.05, 0.1) is 5.56 Å². The fourth-order valence-electron chi connectivity index (χ4n) is 1.59. The number of anilines is 1. The zero-order valence-electron chi connectivity index (χ0n) is 11.0. The van der Waals surface area contributed by atoms with E-state index in [0.717, 1.165) is 5.56 Å². The minimum atomic E-state index is -0.481. The van der Waals surface area contributed by atoms with Gasteiger partial charge >= 0.3 is 5.97 Å². The van der Waals surface area contributed by atoms with E-state index in [4.69, 9.17) is 15.7 Å². The number of nitrogen functional groups attached to an aromatic ring is 1. The van der Waals surface area contributed by atoms with Gasteiger partial charge in [-0.3, -0.25) is 4.79 Å². The van der Waals surface area contributed by atoms with Gasteiger partial charge in [-0.05, 0) is 38.8 Å². The summed E-state index contributed by atoms with van der Waals surface area (Å²) in [6, 6.07) is 7.32. The van der Waals surface area contributed by atoms with Gasteiger partial charge in [0, 0.05) is 12.1 Å². The highest BCUT2D eigenvalue weighted by Gasteiger charge is 2.16. The van der Waals surface area contributed by atoms with Crippen LogP contribution in [0.4, 0.5) is 5.69 Å². The predicted molar refractivity (Wildman–Crippen MR) is 69.7 cm³/mol. The third-order valence-corrected chi connectivity index (χ3v) is 2.31. The molecule has 0 saturated heterocycles. The van der Waals surface area contributed by atoms with Crippen molar-refractivity contribution in [2.45, 2.75) is 39.2 Å². The molecule has 2 N–H and O–H groups in total. The molecule has 1 aromatic carbocycles. The van der Waals surface area contributed by atoms with Gasteiger partial charge in [0.25, 0.3) is 0 Å². The Morgan fingerprint density at radius 3 is 2.67 bits per heavy atom. The Bertz CT molecular complexity index is 482. The zero-order valence-corrected chi connectivity index (χ0v) is 11.0. The molecule has 0 aliphatic carbocycles. The van der Waals surface area contributed by atoms with Crippen LogP contribution < -0.4 is 5.73 Å². The lowest BCUT2D eigenvalue weighted by Gasteiger charge is -2.19. The normalized spacial score (nSPS) is 10.8. The van der Waals surface area contributed by atoms with Crippen LogP contribution in [-0.2, 0) is 16.0 Å². The minimum absolute atomic E-state index is 0.245. The van der Waals surface area contributed by atoms with E-state index in [0.29, 0.717) is 17.7 Å². The SMILES string of the molecule is CC(C)(C)OC(=O)CCc1cccc(N)c1C#N. The maximum Gasteiger partial charge on any atom is 0.306 e. The Morgan fingerprint density at radius 1 is 1.44 bits per heavy atom. The number of carbonyl (C=O) groups excluding carboxylic acids is 1. The summed E-state index contributed by atoms with van der Waals surface area (Å²) in [6.45, 7) is 5.48. The average Bonchev–Trinajstić information content (AvgIpc) is 2.24.